The summed E-state index contributed by atoms with van der Waals surface area (Å²) in [6.07, 6.45) is 3.44. The number of fused-ring (bicyclic) bond motifs is 1. The predicted molar refractivity (Wildman–Crippen MR) is 130 cm³/mol. The van der Waals surface area contributed by atoms with Gasteiger partial charge in [-0.1, -0.05) is 23.7 Å². The first kappa shape index (κ1) is 21.7. The molecule has 2 aromatic carbocycles. The maximum atomic E-state index is 12.7. The number of carbonyl (C=O) groups is 1. The Morgan fingerprint density at radius 2 is 1.82 bits per heavy atom. The van der Waals surface area contributed by atoms with Crippen molar-refractivity contribution in [1.82, 2.24) is 14.8 Å². The van der Waals surface area contributed by atoms with Gasteiger partial charge in [0.25, 0.3) is 0 Å². The van der Waals surface area contributed by atoms with Gasteiger partial charge in [-0.15, -0.1) is 0 Å². The van der Waals surface area contributed by atoms with Gasteiger partial charge in [-0.3, -0.25) is 9.88 Å². The van der Waals surface area contributed by atoms with Crippen molar-refractivity contribution >= 4 is 23.3 Å². The molecule has 0 bridgehead atoms. The first-order valence-corrected chi connectivity index (χ1v) is 11.6. The Morgan fingerprint density at radius 1 is 1.06 bits per heavy atom. The van der Waals surface area contributed by atoms with Crippen molar-refractivity contribution in [2.45, 2.75) is 13.5 Å². The number of rotatable bonds is 5. The van der Waals surface area contributed by atoms with Crippen molar-refractivity contribution < 1.29 is 9.53 Å². The number of urea groups is 1. The van der Waals surface area contributed by atoms with Crippen LogP contribution in [0.2, 0.25) is 5.02 Å². The fourth-order valence-corrected chi connectivity index (χ4v) is 4.90. The molecule has 170 valence electrons. The number of aryl methyl sites for hydroxylation is 1. The van der Waals surface area contributed by atoms with Gasteiger partial charge in [0.1, 0.15) is 11.5 Å². The van der Waals surface area contributed by atoms with E-state index < -0.39 is 0 Å². The molecule has 0 aliphatic carbocycles. The lowest BCUT2D eigenvalue weighted by atomic mass is 10.0. The number of amides is 2. The molecule has 1 N–H and O–H groups in total. The minimum Gasteiger partial charge on any atom is -0.457 e. The molecule has 0 saturated carbocycles. The van der Waals surface area contributed by atoms with Crippen LogP contribution in [0.4, 0.5) is 10.5 Å². The molecule has 0 spiro atoms. The molecular weight excluding hydrogens is 436 g/mol. The van der Waals surface area contributed by atoms with Crippen LogP contribution < -0.4 is 10.1 Å². The quantitative estimate of drug-likeness (QED) is 0.549. The second-order valence-electron chi connectivity index (χ2n) is 8.94. The number of likely N-dealkylation sites (tertiary alicyclic amines) is 2. The highest BCUT2D eigenvalue weighted by atomic mass is 35.5. The maximum absolute atomic E-state index is 12.7. The number of carbonyl (C=O) groups excluding carboxylic acids is 1. The summed E-state index contributed by atoms with van der Waals surface area (Å²) in [5.74, 6) is 2.62. The van der Waals surface area contributed by atoms with Crippen LogP contribution in [0.25, 0.3) is 0 Å². The van der Waals surface area contributed by atoms with Crippen LogP contribution in [0, 0.1) is 18.8 Å². The number of hydrogen-bond acceptors (Lipinski definition) is 4. The molecule has 5 rings (SSSR count). The van der Waals surface area contributed by atoms with E-state index in [0.717, 1.165) is 55.5 Å². The molecule has 1 aromatic heterocycles. The summed E-state index contributed by atoms with van der Waals surface area (Å²) in [6.45, 7) is 6.46. The molecule has 3 aromatic rings. The van der Waals surface area contributed by atoms with Gasteiger partial charge in [0, 0.05) is 43.9 Å². The molecule has 2 saturated heterocycles. The van der Waals surface area contributed by atoms with Gasteiger partial charge in [-0.25, -0.2) is 4.79 Å². The first-order valence-electron chi connectivity index (χ1n) is 11.2. The number of nitrogens with zero attached hydrogens (tertiary/aromatic N) is 3. The maximum Gasteiger partial charge on any atom is 0.321 e. The zero-order valence-electron chi connectivity index (χ0n) is 18.6. The minimum absolute atomic E-state index is 0.0286. The van der Waals surface area contributed by atoms with Crippen LogP contribution in [-0.2, 0) is 6.54 Å². The van der Waals surface area contributed by atoms with E-state index in [1.165, 1.54) is 5.56 Å². The van der Waals surface area contributed by atoms with Crippen molar-refractivity contribution in [3.05, 3.63) is 83.1 Å². The van der Waals surface area contributed by atoms with E-state index >= 15 is 0 Å². The summed E-state index contributed by atoms with van der Waals surface area (Å²) in [5, 5.41) is 3.70. The van der Waals surface area contributed by atoms with Gasteiger partial charge < -0.3 is 15.0 Å². The van der Waals surface area contributed by atoms with E-state index in [1.807, 2.05) is 54.3 Å². The molecular formula is C26H27ClN4O2. The normalized spacial score (nSPS) is 20.0. The number of nitrogens with one attached hydrogen (secondary N) is 1. The number of hydrogen-bond donors (Lipinski definition) is 1. The van der Waals surface area contributed by atoms with Gasteiger partial charge in [0.05, 0.1) is 11.9 Å². The largest absolute Gasteiger partial charge is 0.457 e. The van der Waals surface area contributed by atoms with Gasteiger partial charge in [0.15, 0.2) is 0 Å². The lowest BCUT2D eigenvalue weighted by Gasteiger charge is -2.22. The smallest absolute Gasteiger partial charge is 0.321 e. The third-order valence-corrected chi connectivity index (χ3v) is 6.74. The van der Waals surface area contributed by atoms with Crippen LogP contribution in [0.1, 0.15) is 11.1 Å². The fraction of sp³-hybridized carbons (Fsp3) is 0.308. The Bertz CT molecular complexity index is 1120. The highest BCUT2D eigenvalue weighted by Gasteiger charge is 2.41. The summed E-state index contributed by atoms with van der Waals surface area (Å²) >= 11 is 5.96. The molecule has 6 nitrogen and oxygen atoms in total. The molecule has 0 radical (unpaired) electrons. The lowest BCUT2D eigenvalue weighted by molar-refractivity contribution is 0.212. The molecule has 2 aliphatic heterocycles. The van der Waals surface area contributed by atoms with Crippen LogP contribution in [0.15, 0.2) is 67.0 Å². The Labute approximate surface area is 199 Å². The summed E-state index contributed by atoms with van der Waals surface area (Å²) in [6, 6.07) is 17.5. The molecule has 2 aliphatic rings. The van der Waals surface area contributed by atoms with Gasteiger partial charge in [-0.2, -0.15) is 0 Å². The van der Waals surface area contributed by atoms with E-state index in [1.54, 1.807) is 12.4 Å². The van der Waals surface area contributed by atoms with Gasteiger partial charge in [-0.05, 0) is 72.4 Å². The Morgan fingerprint density at radius 3 is 2.55 bits per heavy atom. The molecule has 3 heterocycles. The molecule has 2 atom stereocenters. The van der Waals surface area contributed by atoms with Crippen molar-refractivity contribution in [3.63, 3.8) is 0 Å². The Kier molecular flexibility index (Phi) is 6.20. The molecule has 2 unspecified atom stereocenters. The third kappa shape index (κ3) is 5.13. The topological polar surface area (TPSA) is 57.7 Å². The summed E-state index contributed by atoms with van der Waals surface area (Å²) in [7, 11) is 0. The van der Waals surface area contributed by atoms with E-state index in [2.05, 4.69) is 27.3 Å². The number of halogens is 1. The van der Waals surface area contributed by atoms with Crippen LogP contribution in [-0.4, -0.2) is 47.0 Å². The second kappa shape index (κ2) is 9.41. The SMILES string of the molecule is Cc1ccncc1NC(=O)N1CC2CN(Cc3cccc(Oc4ccc(Cl)cc4)c3)CC2C1. The summed E-state index contributed by atoms with van der Waals surface area (Å²) in [5.41, 5.74) is 3.02. The Balaban J connectivity index is 1.14. The standard InChI is InChI=1S/C26H27ClN4O2/c1-18-9-10-28-12-25(18)29-26(32)31-16-20-14-30(15-21(20)17-31)13-19-3-2-4-24(11-19)33-23-7-5-22(27)6-8-23/h2-12,20-21H,13-17H2,1H3,(H,29,32). The monoisotopic (exact) mass is 462 g/mol. The molecule has 7 heteroatoms. The van der Waals surface area contributed by atoms with Gasteiger partial charge in [0.2, 0.25) is 0 Å². The highest BCUT2D eigenvalue weighted by molar-refractivity contribution is 6.30. The average Bonchev–Trinajstić information content (AvgIpc) is 3.36. The highest BCUT2D eigenvalue weighted by Crippen LogP contribution is 2.33. The van der Waals surface area contributed by atoms with E-state index in [4.69, 9.17) is 16.3 Å². The fourth-order valence-electron chi connectivity index (χ4n) is 4.78. The van der Waals surface area contributed by atoms with Crippen LogP contribution >= 0.6 is 11.6 Å². The zero-order valence-corrected chi connectivity index (χ0v) is 19.3. The number of ether oxygens (including phenoxy) is 1. The minimum atomic E-state index is -0.0286. The van der Waals surface area contributed by atoms with Crippen molar-refractivity contribution in [2.75, 3.05) is 31.5 Å². The predicted octanol–water partition coefficient (Wildman–Crippen LogP) is 5.43. The van der Waals surface area contributed by atoms with Crippen molar-refractivity contribution in [3.8, 4) is 11.5 Å². The van der Waals surface area contributed by atoms with E-state index in [-0.39, 0.29) is 6.03 Å². The zero-order chi connectivity index (χ0) is 22.8. The second-order valence-corrected chi connectivity index (χ2v) is 9.38. The molecule has 2 amide bonds. The third-order valence-electron chi connectivity index (χ3n) is 6.48. The van der Waals surface area contributed by atoms with Crippen LogP contribution in [0.5, 0.6) is 11.5 Å². The number of aromatic nitrogens is 1. The number of benzene rings is 2. The molecule has 33 heavy (non-hydrogen) atoms. The summed E-state index contributed by atoms with van der Waals surface area (Å²) in [4.78, 5) is 21.3. The first-order chi connectivity index (χ1) is 16.0. The average molecular weight is 463 g/mol. The number of pyridine rings is 1. The lowest BCUT2D eigenvalue weighted by Crippen LogP contribution is -2.36. The van der Waals surface area contributed by atoms with Crippen molar-refractivity contribution in [1.29, 1.82) is 0 Å². The van der Waals surface area contributed by atoms with Crippen LogP contribution in [0.3, 0.4) is 0 Å². The van der Waals surface area contributed by atoms with E-state index in [0.29, 0.717) is 16.9 Å². The number of anilines is 1. The molecule has 2 fully saturated rings. The van der Waals surface area contributed by atoms with Crippen molar-refractivity contribution in [2.24, 2.45) is 11.8 Å². The Hall–Kier alpha value is -3.09. The van der Waals surface area contributed by atoms with E-state index in [9.17, 15) is 4.79 Å². The summed E-state index contributed by atoms with van der Waals surface area (Å²) < 4.78 is 5.98. The van der Waals surface area contributed by atoms with Gasteiger partial charge >= 0.3 is 6.03 Å².